The molecule has 0 bridgehead atoms. The number of carbonyl (C=O) groups excluding carboxylic acids is 3. The fourth-order valence-electron chi connectivity index (χ4n) is 1.33. The molecule has 16 heavy (non-hydrogen) atoms. The van der Waals surface area contributed by atoms with Crippen LogP contribution in [0.2, 0.25) is 0 Å². The highest BCUT2D eigenvalue weighted by Gasteiger charge is 2.25. The predicted molar refractivity (Wildman–Crippen MR) is 59.0 cm³/mol. The van der Waals surface area contributed by atoms with Gasteiger partial charge in [-0.05, 0) is 19.4 Å². The van der Waals surface area contributed by atoms with Gasteiger partial charge in [-0.3, -0.25) is 4.79 Å². The molecule has 0 unspecified atom stereocenters. The molecule has 1 amide bonds. The van der Waals surface area contributed by atoms with Crippen LogP contribution in [-0.4, -0.2) is 42.7 Å². The zero-order chi connectivity index (χ0) is 12.0. The summed E-state index contributed by atoms with van der Waals surface area (Å²) in [7, 11) is 0. The van der Waals surface area contributed by atoms with Crippen molar-refractivity contribution in [3.63, 3.8) is 0 Å². The van der Waals surface area contributed by atoms with Gasteiger partial charge >= 0.3 is 11.9 Å². The molecule has 0 saturated carbocycles. The third-order valence-corrected chi connectivity index (χ3v) is 2.42. The van der Waals surface area contributed by atoms with E-state index in [1.54, 1.807) is 0 Å². The average Bonchev–Trinajstić information content (AvgIpc) is 2.79. The minimum Gasteiger partial charge on any atom is -0.391 e. The molecule has 90 valence electrons. The fourth-order valence-corrected chi connectivity index (χ4v) is 1.44. The second-order valence-corrected chi connectivity index (χ2v) is 3.69. The zero-order valence-corrected chi connectivity index (χ0v) is 9.59. The van der Waals surface area contributed by atoms with Crippen molar-refractivity contribution in [1.82, 2.24) is 10.6 Å². The van der Waals surface area contributed by atoms with Crippen LogP contribution in [0.4, 0.5) is 0 Å². The maximum atomic E-state index is 11.3. The Kier molecular flexibility index (Phi) is 5.27. The molecular formula is C9H14N2O4S. The number of esters is 2. The summed E-state index contributed by atoms with van der Waals surface area (Å²) < 4.78 is 4.55. The Morgan fingerprint density at radius 3 is 2.75 bits per heavy atom. The molecular weight excluding hydrogens is 232 g/mol. The van der Waals surface area contributed by atoms with E-state index in [0.717, 1.165) is 13.0 Å². The third-order valence-electron chi connectivity index (χ3n) is 2.13. The number of rotatable bonds is 4. The molecule has 0 radical (unpaired) electrons. The van der Waals surface area contributed by atoms with Crippen LogP contribution in [0.5, 0.6) is 0 Å². The van der Waals surface area contributed by atoms with E-state index in [0.29, 0.717) is 6.42 Å². The Labute approximate surface area is 98.5 Å². The maximum Gasteiger partial charge on any atom is 0.333 e. The van der Waals surface area contributed by atoms with Gasteiger partial charge in [0.1, 0.15) is 12.6 Å². The lowest BCUT2D eigenvalue weighted by Gasteiger charge is -2.08. The molecule has 7 heteroatoms. The van der Waals surface area contributed by atoms with Crippen molar-refractivity contribution in [3.05, 3.63) is 0 Å². The highest BCUT2D eigenvalue weighted by molar-refractivity contribution is 7.81. The van der Waals surface area contributed by atoms with Gasteiger partial charge in [0, 0.05) is 0 Å². The van der Waals surface area contributed by atoms with Gasteiger partial charge in [0.05, 0.1) is 5.75 Å². The Balaban J connectivity index is 2.22. The molecule has 1 aliphatic heterocycles. The first-order valence-electron chi connectivity index (χ1n) is 4.99. The van der Waals surface area contributed by atoms with E-state index < -0.39 is 18.0 Å². The quantitative estimate of drug-likeness (QED) is 0.331. The van der Waals surface area contributed by atoms with Crippen molar-refractivity contribution >= 4 is 30.5 Å². The third kappa shape index (κ3) is 4.19. The van der Waals surface area contributed by atoms with Gasteiger partial charge in [0.15, 0.2) is 0 Å². The van der Waals surface area contributed by atoms with Crippen molar-refractivity contribution in [2.24, 2.45) is 0 Å². The highest BCUT2D eigenvalue weighted by atomic mass is 32.1. The summed E-state index contributed by atoms with van der Waals surface area (Å²) in [5, 5.41) is 5.18. The van der Waals surface area contributed by atoms with E-state index in [1.165, 1.54) is 0 Å². The zero-order valence-electron chi connectivity index (χ0n) is 8.69. The molecule has 1 saturated heterocycles. The molecule has 0 aliphatic carbocycles. The first-order chi connectivity index (χ1) is 7.63. The number of nitrogens with one attached hydrogen (secondary N) is 2. The molecule has 1 aliphatic rings. The smallest absolute Gasteiger partial charge is 0.333 e. The molecule has 2 N–H and O–H groups in total. The standard InChI is InChI=1S/C9H14N2O4S/c12-7(5-16)11-4-8(13)15-9(14)6-2-1-3-10-6/h6,10,16H,1-5H2,(H,11,12)/t6-/m0/s1. The Morgan fingerprint density at radius 1 is 1.44 bits per heavy atom. The summed E-state index contributed by atoms with van der Waals surface area (Å²) in [5.41, 5.74) is 0. The van der Waals surface area contributed by atoms with Crippen molar-refractivity contribution in [2.45, 2.75) is 18.9 Å². The predicted octanol–water partition coefficient (Wildman–Crippen LogP) is -1.15. The molecule has 1 rings (SSSR count). The largest absolute Gasteiger partial charge is 0.391 e. The maximum absolute atomic E-state index is 11.3. The van der Waals surface area contributed by atoms with Crippen molar-refractivity contribution < 1.29 is 19.1 Å². The lowest BCUT2D eigenvalue weighted by Crippen LogP contribution is -2.37. The van der Waals surface area contributed by atoms with E-state index >= 15 is 0 Å². The van der Waals surface area contributed by atoms with E-state index in [9.17, 15) is 14.4 Å². The summed E-state index contributed by atoms with van der Waals surface area (Å²) in [4.78, 5) is 33.2. The van der Waals surface area contributed by atoms with E-state index in [2.05, 4.69) is 28.0 Å². The second kappa shape index (κ2) is 6.49. The molecule has 1 fully saturated rings. The van der Waals surface area contributed by atoms with Crippen LogP contribution in [-0.2, 0) is 19.1 Å². The molecule has 0 spiro atoms. The van der Waals surface area contributed by atoms with Gasteiger partial charge in [-0.25, -0.2) is 9.59 Å². The van der Waals surface area contributed by atoms with Crippen molar-refractivity contribution in [2.75, 3.05) is 18.8 Å². The first kappa shape index (κ1) is 13.0. The Morgan fingerprint density at radius 2 is 2.19 bits per heavy atom. The molecule has 0 aromatic carbocycles. The van der Waals surface area contributed by atoms with Gasteiger partial charge < -0.3 is 15.4 Å². The van der Waals surface area contributed by atoms with Gasteiger partial charge in [-0.2, -0.15) is 12.6 Å². The molecule has 0 aromatic heterocycles. The van der Waals surface area contributed by atoms with Crippen LogP contribution in [0.15, 0.2) is 0 Å². The lowest BCUT2D eigenvalue weighted by molar-refractivity contribution is -0.160. The van der Waals surface area contributed by atoms with Crippen molar-refractivity contribution in [1.29, 1.82) is 0 Å². The summed E-state index contributed by atoms with van der Waals surface area (Å²) in [6.45, 7) is 0.447. The number of carbonyl (C=O) groups is 3. The van der Waals surface area contributed by atoms with Gasteiger partial charge in [0.25, 0.3) is 0 Å². The van der Waals surface area contributed by atoms with E-state index in [4.69, 9.17) is 0 Å². The van der Waals surface area contributed by atoms with Gasteiger partial charge in [0.2, 0.25) is 5.91 Å². The monoisotopic (exact) mass is 246 g/mol. The number of hydrogen-bond acceptors (Lipinski definition) is 6. The van der Waals surface area contributed by atoms with E-state index in [-0.39, 0.29) is 18.2 Å². The van der Waals surface area contributed by atoms with Crippen LogP contribution in [0.1, 0.15) is 12.8 Å². The summed E-state index contributed by atoms with van der Waals surface area (Å²) >= 11 is 3.72. The van der Waals surface area contributed by atoms with Crippen LogP contribution in [0, 0.1) is 0 Å². The summed E-state index contributed by atoms with van der Waals surface area (Å²) in [6.07, 6.45) is 1.57. The first-order valence-corrected chi connectivity index (χ1v) is 5.62. The molecule has 6 nitrogen and oxygen atoms in total. The number of amides is 1. The SMILES string of the molecule is O=C(CS)NCC(=O)OC(=O)[C@@H]1CCCN1. The minimum atomic E-state index is -0.756. The fraction of sp³-hybridized carbons (Fsp3) is 0.667. The van der Waals surface area contributed by atoms with Gasteiger partial charge in [-0.15, -0.1) is 0 Å². The molecule has 0 aromatic rings. The number of ether oxygens (including phenoxy) is 1. The van der Waals surface area contributed by atoms with Crippen molar-refractivity contribution in [3.8, 4) is 0 Å². The normalized spacial score (nSPS) is 19.2. The van der Waals surface area contributed by atoms with Crippen LogP contribution in [0.25, 0.3) is 0 Å². The minimum absolute atomic E-state index is 0.00852. The average molecular weight is 246 g/mol. The van der Waals surface area contributed by atoms with E-state index in [1.807, 2.05) is 0 Å². The second-order valence-electron chi connectivity index (χ2n) is 3.38. The van der Waals surface area contributed by atoms with Crippen LogP contribution < -0.4 is 10.6 Å². The number of thiol groups is 1. The lowest BCUT2D eigenvalue weighted by atomic mass is 10.2. The topological polar surface area (TPSA) is 84.5 Å². The summed E-state index contributed by atoms with van der Waals surface area (Å²) in [5.74, 6) is -1.73. The van der Waals surface area contributed by atoms with Gasteiger partial charge in [-0.1, -0.05) is 0 Å². The van der Waals surface area contributed by atoms with Crippen LogP contribution >= 0.6 is 12.6 Å². The number of hydrogen-bond donors (Lipinski definition) is 3. The van der Waals surface area contributed by atoms with Crippen LogP contribution in [0.3, 0.4) is 0 Å². The Hall–Kier alpha value is -1.08. The Bertz CT molecular complexity index is 289. The molecule has 1 heterocycles. The highest BCUT2D eigenvalue weighted by Crippen LogP contribution is 2.06. The molecule has 1 atom stereocenters. The summed E-state index contributed by atoms with van der Waals surface area (Å²) in [6, 6.07) is -0.399.